The Morgan fingerprint density at radius 2 is 2.20 bits per heavy atom. The number of anilines is 1. The zero-order chi connectivity index (χ0) is 11.3. The topological polar surface area (TPSA) is 16.1 Å². The molecule has 0 unspecified atom stereocenters. The molecule has 0 radical (unpaired) electrons. The van der Waals surface area contributed by atoms with Crippen molar-refractivity contribution < 1.29 is 0 Å². The van der Waals surface area contributed by atoms with Crippen molar-refractivity contribution in [3.05, 3.63) is 24.0 Å². The average molecular weight is 227 g/mol. The van der Waals surface area contributed by atoms with E-state index in [4.69, 9.17) is 11.6 Å². The van der Waals surface area contributed by atoms with E-state index < -0.39 is 0 Å². The predicted octanol–water partition coefficient (Wildman–Crippen LogP) is 3.23. The van der Waals surface area contributed by atoms with Crippen molar-refractivity contribution in [2.75, 3.05) is 17.3 Å². The quantitative estimate of drug-likeness (QED) is 0.717. The van der Waals surface area contributed by atoms with Gasteiger partial charge in [-0.05, 0) is 38.8 Å². The summed E-state index contributed by atoms with van der Waals surface area (Å²) >= 11 is 5.74. The lowest BCUT2D eigenvalue weighted by atomic mass is 10.2. The second-order valence-electron chi connectivity index (χ2n) is 3.99. The zero-order valence-corrected chi connectivity index (χ0v) is 10.5. The van der Waals surface area contributed by atoms with Gasteiger partial charge in [0.05, 0.1) is 0 Å². The molecule has 1 aromatic rings. The fraction of sp³-hybridized carbons (Fsp3) is 0.583. The van der Waals surface area contributed by atoms with Crippen LogP contribution in [0, 0.1) is 6.92 Å². The van der Waals surface area contributed by atoms with Crippen LogP contribution >= 0.6 is 11.6 Å². The van der Waals surface area contributed by atoms with E-state index in [2.05, 4.69) is 36.7 Å². The Morgan fingerprint density at radius 3 is 2.73 bits per heavy atom. The van der Waals surface area contributed by atoms with E-state index in [0.717, 1.165) is 13.0 Å². The molecular weight excluding hydrogens is 208 g/mol. The van der Waals surface area contributed by atoms with Crippen molar-refractivity contribution >= 4 is 17.3 Å². The highest BCUT2D eigenvalue weighted by molar-refractivity contribution is 6.17. The molecule has 0 aliphatic heterocycles. The largest absolute Gasteiger partial charge is 0.369 e. The molecule has 0 bridgehead atoms. The molecule has 0 aromatic carbocycles. The first-order valence-corrected chi connectivity index (χ1v) is 5.93. The lowest BCUT2D eigenvalue weighted by Gasteiger charge is -2.30. The Labute approximate surface area is 97.3 Å². The van der Waals surface area contributed by atoms with Gasteiger partial charge < -0.3 is 4.90 Å². The minimum Gasteiger partial charge on any atom is -0.369 e. The van der Waals surface area contributed by atoms with Crippen molar-refractivity contribution in [3.63, 3.8) is 0 Å². The summed E-state index contributed by atoms with van der Waals surface area (Å²) in [6, 6.07) is 2.57. The van der Waals surface area contributed by atoms with Crippen LogP contribution < -0.4 is 4.90 Å². The average Bonchev–Trinajstić information content (AvgIpc) is 2.20. The fourth-order valence-corrected chi connectivity index (χ4v) is 1.79. The van der Waals surface area contributed by atoms with Crippen LogP contribution in [0.2, 0.25) is 0 Å². The lowest BCUT2D eigenvalue weighted by Crippen LogP contribution is -2.32. The van der Waals surface area contributed by atoms with Crippen LogP contribution in [-0.2, 0) is 0 Å². The third-order valence-corrected chi connectivity index (χ3v) is 2.72. The van der Waals surface area contributed by atoms with Gasteiger partial charge >= 0.3 is 0 Å². The van der Waals surface area contributed by atoms with Crippen LogP contribution in [-0.4, -0.2) is 23.5 Å². The molecule has 1 rings (SSSR count). The molecule has 0 amide bonds. The minimum atomic E-state index is 0.495. The van der Waals surface area contributed by atoms with Gasteiger partial charge in [-0.2, -0.15) is 0 Å². The first-order valence-electron chi connectivity index (χ1n) is 5.40. The summed E-state index contributed by atoms with van der Waals surface area (Å²) in [6.07, 6.45) is 4.77. The van der Waals surface area contributed by atoms with Gasteiger partial charge in [0, 0.05) is 36.5 Å². The molecule has 0 fully saturated rings. The highest BCUT2D eigenvalue weighted by Gasteiger charge is 2.11. The van der Waals surface area contributed by atoms with Crippen molar-refractivity contribution in [2.24, 2.45) is 0 Å². The number of hydrogen-bond donors (Lipinski definition) is 0. The Bertz CT molecular complexity index is 299. The Hall–Kier alpha value is -0.760. The number of aromatic nitrogens is 1. The second kappa shape index (κ2) is 5.96. The van der Waals surface area contributed by atoms with Crippen LogP contribution in [0.25, 0.3) is 0 Å². The smallest absolute Gasteiger partial charge is 0.0429 e. The summed E-state index contributed by atoms with van der Waals surface area (Å²) < 4.78 is 0. The summed E-state index contributed by atoms with van der Waals surface area (Å²) in [6.45, 7) is 7.51. The monoisotopic (exact) mass is 226 g/mol. The molecule has 0 saturated carbocycles. The van der Waals surface area contributed by atoms with Crippen LogP contribution in [0.1, 0.15) is 25.8 Å². The Morgan fingerprint density at radius 1 is 1.47 bits per heavy atom. The maximum absolute atomic E-state index is 5.74. The summed E-state index contributed by atoms with van der Waals surface area (Å²) in [5.74, 6) is 0.716. The molecule has 0 atom stereocenters. The van der Waals surface area contributed by atoms with Gasteiger partial charge in [0.25, 0.3) is 0 Å². The van der Waals surface area contributed by atoms with Gasteiger partial charge in [-0.3, -0.25) is 4.98 Å². The number of halogens is 1. The summed E-state index contributed by atoms with van der Waals surface area (Å²) in [5.41, 5.74) is 2.49. The third-order valence-electron chi connectivity index (χ3n) is 2.46. The first kappa shape index (κ1) is 12.3. The summed E-state index contributed by atoms with van der Waals surface area (Å²) in [7, 11) is 0. The van der Waals surface area contributed by atoms with Crippen LogP contribution in [0.4, 0.5) is 5.69 Å². The number of pyridine rings is 1. The van der Waals surface area contributed by atoms with Gasteiger partial charge in [0.1, 0.15) is 0 Å². The molecule has 0 N–H and O–H groups in total. The molecule has 0 spiro atoms. The molecule has 0 aliphatic rings. The maximum Gasteiger partial charge on any atom is 0.0429 e. The molecule has 15 heavy (non-hydrogen) atoms. The van der Waals surface area contributed by atoms with Crippen molar-refractivity contribution in [2.45, 2.75) is 33.2 Å². The normalized spacial score (nSPS) is 10.7. The number of hydrogen-bond acceptors (Lipinski definition) is 2. The van der Waals surface area contributed by atoms with Crippen LogP contribution in [0.15, 0.2) is 18.5 Å². The molecule has 2 nitrogen and oxygen atoms in total. The maximum atomic E-state index is 5.74. The second-order valence-corrected chi connectivity index (χ2v) is 4.37. The predicted molar refractivity (Wildman–Crippen MR) is 66.8 cm³/mol. The van der Waals surface area contributed by atoms with Crippen molar-refractivity contribution in [1.29, 1.82) is 0 Å². The number of aryl methyl sites for hydroxylation is 1. The molecule has 1 aromatic heterocycles. The summed E-state index contributed by atoms with van der Waals surface area (Å²) in [4.78, 5) is 6.49. The fourth-order valence-electron chi connectivity index (χ4n) is 1.68. The van der Waals surface area contributed by atoms with Crippen LogP contribution in [0.5, 0.6) is 0 Å². The van der Waals surface area contributed by atoms with Crippen molar-refractivity contribution in [1.82, 2.24) is 4.98 Å². The number of alkyl halides is 1. The van der Waals surface area contributed by atoms with Gasteiger partial charge in [0.15, 0.2) is 0 Å². The molecule has 0 saturated heterocycles. The number of rotatable bonds is 5. The minimum absolute atomic E-state index is 0.495. The lowest BCUT2D eigenvalue weighted by molar-refractivity contribution is 0.670. The molecule has 3 heteroatoms. The zero-order valence-electron chi connectivity index (χ0n) is 9.70. The molecule has 1 heterocycles. The van der Waals surface area contributed by atoms with Gasteiger partial charge in [-0.25, -0.2) is 0 Å². The Balaban J connectivity index is 2.84. The molecular formula is C12H19ClN2. The van der Waals surface area contributed by atoms with E-state index >= 15 is 0 Å². The van der Waals surface area contributed by atoms with Gasteiger partial charge in [-0.1, -0.05) is 0 Å². The SMILES string of the molecule is Cc1cnccc1N(CCCCl)C(C)C. The van der Waals surface area contributed by atoms with E-state index in [-0.39, 0.29) is 0 Å². The van der Waals surface area contributed by atoms with E-state index in [1.165, 1.54) is 11.3 Å². The molecule has 84 valence electrons. The van der Waals surface area contributed by atoms with E-state index in [1.54, 1.807) is 0 Å². The Kier molecular flexibility index (Phi) is 4.89. The van der Waals surface area contributed by atoms with E-state index in [9.17, 15) is 0 Å². The highest BCUT2D eigenvalue weighted by atomic mass is 35.5. The van der Waals surface area contributed by atoms with Gasteiger partial charge in [0.2, 0.25) is 0 Å². The first-order chi connectivity index (χ1) is 7.16. The van der Waals surface area contributed by atoms with Gasteiger partial charge in [-0.15, -0.1) is 11.6 Å². The number of nitrogens with zero attached hydrogens (tertiary/aromatic N) is 2. The van der Waals surface area contributed by atoms with Crippen LogP contribution in [0.3, 0.4) is 0 Å². The van der Waals surface area contributed by atoms with E-state index in [0.29, 0.717) is 11.9 Å². The summed E-state index contributed by atoms with van der Waals surface area (Å²) in [5, 5.41) is 0. The third kappa shape index (κ3) is 3.38. The highest BCUT2D eigenvalue weighted by Crippen LogP contribution is 2.20. The molecule has 0 aliphatic carbocycles. The van der Waals surface area contributed by atoms with E-state index in [1.807, 2.05) is 12.4 Å². The van der Waals surface area contributed by atoms with Crippen molar-refractivity contribution in [3.8, 4) is 0 Å². The standard InChI is InChI=1S/C12H19ClN2/c1-10(2)15(8-4-6-13)12-5-7-14-9-11(12)3/h5,7,9-10H,4,6,8H2,1-3H3.